The molecule has 0 aromatic heterocycles. The predicted molar refractivity (Wildman–Crippen MR) is 69.5 cm³/mol. The molecule has 0 heterocycles. The van der Waals surface area contributed by atoms with Crippen molar-refractivity contribution in [1.82, 2.24) is 0 Å². The first-order valence-electron chi connectivity index (χ1n) is 6.57. The zero-order chi connectivity index (χ0) is 14.9. The molecule has 1 aliphatic carbocycles. The van der Waals surface area contributed by atoms with E-state index in [0.29, 0.717) is 25.0 Å². The number of carbonyl (C=O) groups excluding carboxylic acids is 1. The summed E-state index contributed by atoms with van der Waals surface area (Å²) in [5.41, 5.74) is 4.25. The number of anilines is 1. The Balaban J connectivity index is 2.20. The van der Waals surface area contributed by atoms with Crippen molar-refractivity contribution in [2.24, 2.45) is 11.7 Å². The van der Waals surface area contributed by atoms with E-state index in [0.717, 1.165) is 12.8 Å². The molecule has 0 aliphatic heterocycles. The molecule has 1 saturated carbocycles. The molecule has 1 aromatic rings. The normalized spacial score (nSPS) is 26.4. The highest BCUT2D eigenvalue weighted by atomic mass is 19.1. The predicted octanol–water partition coefficient (Wildman–Crippen LogP) is 2.95. The van der Waals surface area contributed by atoms with E-state index < -0.39 is 34.6 Å². The van der Waals surface area contributed by atoms with Gasteiger partial charge in [0.05, 0.1) is 5.54 Å². The van der Waals surface area contributed by atoms with Crippen molar-refractivity contribution in [2.45, 2.75) is 38.1 Å². The van der Waals surface area contributed by atoms with Crippen molar-refractivity contribution < 1.29 is 18.0 Å². The van der Waals surface area contributed by atoms with Gasteiger partial charge in [0.1, 0.15) is 11.5 Å². The lowest BCUT2D eigenvalue weighted by Gasteiger charge is -2.35. The van der Waals surface area contributed by atoms with E-state index in [9.17, 15) is 18.0 Å². The van der Waals surface area contributed by atoms with Crippen LogP contribution in [0.25, 0.3) is 0 Å². The van der Waals surface area contributed by atoms with Crippen molar-refractivity contribution in [1.29, 1.82) is 0 Å². The van der Waals surface area contributed by atoms with Gasteiger partial charge in [0.15, 0.2) is 11.6 Å². The Labute approximate surface area is 115 Å². The summed E-state index contributed by atoms with van der Waals surface area (Å²) in [6.45, 7) is 1.98. The number of carbonyl (C=O) groups is 1. The highest BCUT2D eigenvalue weighted by molar-refractivity contribution is 5.98. The molecular formula is C14H17F3N2O. The SMILES string of the molecule is CC1CCCC(N)(C(=O)Nc2c(F)cc(F)cc2F)C1. The van der Waals surface area contributed by atoms with E-state index in [2.05, 4.69) is 5.32 Å². The molecule has 1 fully saturated rings. The molecule has 20 heavy (non-hydrogen) atoms. The molecule has 3 N–H and O–H groups in total. The van der Waals surface area contributed by atoms with Gasteiger partial charge >= 0.3 is 0 Å². The van der Waals surface area contributed by atoms with Crippen LogP contribution in [0.2, 0.25) is 0 Å². The third-order valence-corrected chi connectivity index (χ3v) is 3.73. The molecule has 2 unspecified atom stereocenters. The second-order valence-corrected chi connectivity index (χ2v) is 5.56. The van der Waals surface area contributed by atoms with E-state index >= 15 is 0 Å². The van der Waals surface area contributed by atoms with E-state index in [-0.39, 0.29) is 5.92 Å². The number of benzene rings is 1. The van der Waals surface area contributed by atoms with Crippen LogP contribution in [0.1, 0.15) is 32.6 Å². The smallest absolute Gasteiger partial charge is 0.244 e. The summed E-state index contributed by atoms with van der Waals surface area (Å²) in [5.74, 6) is -3.69. The number of halogens is 3. The van der Waals surface area contributed by atoms with E-state index in [1.807, 2.05) is 6.92 Å². The second kappa shape index (κ2) is 5.44. The van der Waals surface area contributed by atoms with Gasteiger partial charge in [0, 0.05) is 12.1 Å². The van der Waals surface area contributed by atoms with E-state index in [1.165, 1.54) is 0 Å². The molecule has 2 atom stereocenters. The number of amides is 1. The second-order valence-electron chi connectivity index (χ2n) is 5.56. The van der Waals surface area contributed by atoms with Crippen LogP contribution in [0.15, 0.2) is 12.1 Å². The van der Waals surface area contributed by atoms with Crippen molar-refractivity contribution in [3.05, 3.63) is 29.6 Å². The van der Waals surface area contributed by atoms with Crippen molar-refractivity contribution >= 4 is 11.6 Å². The van der Waals surface area contributed by atoms with Gasteiger partial charge < -0.3 is 11.1 Å². The van der Waals surface area contributed by atoms with Gasteiger partial charge in [0.2, 0.25) is 5.91 Å². The molecule has 6 heteroatoms. The summed E-state index contributed by atoms with van der Waals surface area (Å²) < 4.78 is 39.8. The molecule has 2 rings (SSSR count). The number of nitrogens with two attached hydrogens (primary N) is 1. The van der Waals surface area contributed by atoms with Gasteiger partial charge in [0.25, 0.3) is 0 Å². The zero-order valence-electron chi connectivity index (χ0n) is 11.2. The van der Waals surface area contributed by atoms with Crippen molar-refractivity contribution in [2.75, 3.05) is 5.32 Å². The number of rotatable bonds is 2. The molecule has 0 bridgehead atoms. The first kappa shape index (κ1) is 14.8. The fraction of sp³-hybridized carbons (Fsp3) is 0.500. The maximum absolute atomic E-state index is 13.5. The average molecular weight is 286 g/mol. The Morgan fingerprint density at radius 1 is 1.35 bits per heavy atom. The Hall–Kier alpha value is -1.56. The van der Waals surface area contributed by atoms with E-state index in [1.54, 1.807) is 0 Å². The first-order valence-corrected chi connectivity index (χ1v) is 6.57. The van der Waals surface area contributed by atoms with Gasteiger partial charge in [-0.1, -0.05) is 19.8 Å². The summed E-state index contributed by atoms with van der Waals surface area (Å²) in [5, 5.41) is 2.16. The van der Waals surface area contributed by atoms with Crippen LogP contribution >= 0.6 is 0 Å². The Bertz CT molecular complexity index is 512. The van der Waals surface area contributed by atoms with Gasteiger partial charge in [-0.3, -0.25) is 4.79 Å². The highest BCUT2D eigenvalue weighted by Gasteiger charge is 2.38. The lowest BCUT2D eigenvalue weighted by Crippen LogP contribution is -2.53. The minimum absolute atomic E-state index is 0.280. The molecule has 3 nitrogen and oxygen atoms in total. The summed E-state index contributed by atoms with van der Waals surface area (Å²) in [7, 11) is 0. The highest BCUT2D eigenvalue weighted by Crippen LogP contribution is 2.32. The monoisotopic (exact) mass is 286 g/mol. The minimum Gasteiger partial charge on any atom is -0.320 e. The fourth-order valence-electron chi connectivity index (χ4n) is 2.70. The van der Waals surface area contributed by atoms with Crippen LogP contribution in [0.4, 0.5) is 18.9 Å². The topological polar surface area (TPSA) is 55.1 Å². The maximum Gasteiger partial charge on any atom is 0.244 e. The van der Waals surface area contributed by atoms with Crippen LogP contribution in [0.3, 0.4) is 0 Å². The molecule has 0 saturated heterocycles. The molecule has 1 aromatic carbocycles. The van der Waals surface area contributed by atoms with Crippen molar-refractivity contribution in [3.8, 4) is 0 Å². The quantitative estimate of drug-likeness (QED) is 0.878. The molecule has 0 spiro atoms. The largest absolute Gasteiger partial charge is 0.320 e. The van der Waals surface area contributed by atoms with Crippen molar-refractivity contribution in [3.63, 3.8) is 0 Å². The summed E-state index contributed by atoms with van der Waals surface area (Å²) in [6, 6.07) is 1.04. The lowest BCUT2D eigenvalue weighted by molar-refractivity contribution is -0.122. The van der Waals surface area contributed by atoms with Gasteiger partial charge in [-0.15, -0.1) is 0 Å². The molecule has 1 amide bonds. The van der Waals surface area contributed by atoms with E-state index in [4.69, 9.17) is 5.73 Å². The van der Waals surface area contributed by atoms with Gasteiger partial charge in [-0.2, -0.15) is 0 Å². The summed E-state index contributed by atoms with van der Waals surface area (Å²) >= 11 is 0. The summed E-state index contributed by atoms with van der Waals surface area (Å²) in [4.78, 5) is 12.2. The van der Waals surface area contributed by atoms with Crippen LogP contribution in [0.5, 0.6) is 0 Å². The average Bonchev–Trinajstić information content (AvgIpc) is 2.33. The first-order chi connectivity index (χ1) is 9.32. The lowest BCUT2D eigenvalue weighted by atomic mass is 9.76. The minimum atomic E-state index is -1.15. The Morgan fingerprint density at radius 3 is 2.50 bits per heavy atom. The fourth-order valence-corrected chi connectivity index (χ4v) is 2.70. The van der Waals surface area contributed by atoms with Crippen LogP contribution in [-0.2, 0) is 4.79 Å². The Kier molecular flexibility index (Phi) is 4.04. The molecule has 0 radical (unpaired) electrons. The third kappa shape index (κ3) is 2.95. The van der Waals surface area contributed by atoms with Crippen LogP contribution in [0, 0.1) is 23.4 Å². The molecular weight excluding hydrogens is 269 g/mol. The molecule has 1 aliphatic rings. The molecule has 110 valence electrons. The standard InChI is InChI=1S/C14H17F3N2O/c1-8-3-2-4-14(18,7-8)13(20)19-12-10(16)5-9(15)6-11(12)17/h5-6,8H,2-4,7,18H2,1H3,(H,19,20). The van der Waals surface area contributed by atoms with Crippen LogP contribution in [-0.4, -0.2) is 11.4 Å². The third-order valence-electron chi connectivity index (χ3n) is 3.73. The van der Waals surface area contributed by atoms with Gasteiger partial charge in [-0.05, 0) is 18.8 Å². The van der Waals surface area contributed by atoms with Gasteiger partial charge in [-0.25, -0.2) is 13.2 Å². The maximum atomic E-state index is 13.5. The zero-order valence-corrected chi connectivity index (χ0v) is 11.2. The number of hydrogen-bond donors (Lipinski definition) is 2. The van der Waals surface area contributed by atoms with Crippen LogP contribution < -0.4 is 11.1 Å². The number of hydrogen-bond acceptors (Lipinski definition) is 2. The number of nitrogens with one attached hydrogen (secondary N) is 1. The summed E-state index contributed by atoms with van der Waals surface area (Å²) in [6.07, 6.45) is 2.70. The Morgan fingerprint density at radius 2 is 1.95 bits per heavy atom.